The summed E-state index contributed by atoms with van der Waals surface area (Å²) in [5.74, 6) is 0.996. The predicted molar refractivity (Wildman–Crippen MR) is 81.4 cm³/mol. The van der Waals surface area contributed by atoms with E-state index < -0.39 is 0 Å². The number of benzene rings is 1. The Kier molecular flexibility index (Phi) is 7.60. The molecule has 19 heavy (non-hydrogen) atoms. The standard InChI is InChI=1S/C15H23NO2S/c1-3-12-6-8-13(9-7-12)14(11-17)16-15(18)5-4-10-19-2/h6-9,14,17H,3-5,10-11H2,1-2H3,(H,16,18). The van der Waals surface area contributed by atoms with Crippen molar-refractivity contribution in [3.63, 3.8) is 0 Å². The summed E-state index contributed by atoms with van der Waals surface area (Å²) in [4.78, 5) is 11.8. The van der Waals surface area contributed by atoms with Gasteiger partial charge in [-0.15, -0.1) is 0 Å². The number of aliphatic hydroxyl groups excluding tert-OH is 1. The van der Waals surface area contributed by atoms with Crippen molar-refractivity contribution in [1.29, 1.82) is 0 Å². The van der Waals surface area contributed by atoms with Crippen LogP contribution in [0, 0.1) is 0 Å². The summed E-state index contributed by atoms with van der Waals surface area (Å²) in [6.45, 7) is 2.03. The molecule has 2 N–H and O–H groups in total. The zero-order valence-electron chi connectivity index (χ0n) is 11.7. The van der Waals surface area contributed by atoms with Crippen molar-refractivity contribution >= 4 is 17.7 Å². The van der Waals surface area contributed by atoms with Gasteiger partial charge >= 0.3 is 0 Å². The summed E-state index contributed by atoms with van der Waals surface area (Å²) in [5.41, 5.74) is 2.21. The molecule has 0 radical (unpaired) electrons. The first-order chi connectivity index (χ1) is 9.21. The number of amides is 1. The van der Waals surface area contributed by atoms with Crippen LogP contribution in [0.25, 0.3) is 0 Å². The lowest BCUT2D eigenvalue weighted by Crippen LogP contribution is -2.30. The van der Waals surface area contributed by atoms with Gasteiger partial charge in [0.15, 0.2) is 0 Å². The number of thioether (sulfide) groups is 1. The van der Waals surface area contributed by atoms with E-state index in [1.165, 1.54) is 5.56 Å². The van der Waals surface area contributed by atoms with Crippen LogP contribution in [0.4, 0.5) is 0 Å². The second-order valence-electron chi connectivity index (χ2n) is 4.49. The summed E-state index contributed by atoms with van der Waals surface area (Å²) < 4.78 is 0. The van der Waals surface area contributed by atoms with Gasteiger partial charge in [0.05, 0.1) is 12.6 Å². The average Bonchev–Trinajstić information content (AvgIpc) is 2.45. The van der Waals surface area contributed by atoms with E-state index in [9.17, 15) is 9.90 Å². The number of hydrogen-bond acceptors (Lipinski definition) is 3. The van der Waals surface area contributed by atoms with Crippen LogP contribution in [-0.4, -0.2) is 29.6 Å². The smallest absolute Gasteiger partial charge is 0.220 e. The minimum atomic E-state index is -0.298. The largest absolute Gasteiger partial charge is 0.394 e. The number of aliphatic hydroxyl groups is 1. The second kappa shape index (κ2) is 8.99. The van der Waals surface area contributed by atoms with E-state index >= 15 is 0 Å². The molecule has 1 atom stereocenters. The lowest BCUT2D eigenvalue weighted by molar-refractivity contribution is -0.122. The van der Waals surface area contributed by atoms with Gasteiger partial charge in [-0.05, 0) is 36.0 Å². The minimum Gasteiger partial charge on any atom is -0.394 e. The van der Waals surface area contributed by atoms with Crippen molar-refractivity contribution in [3.05, 3.63) is 35.4 Å². The monoisotopic (exact) mass is 281 g/mol. The van der Waals surface area contributed by atoms with Gasteiger partial charge in [-0.1, -0.05) is 31.2 Å². The molecule has 0 bridgehead atoms. The van der Waals surface area contributed by atoms with Crippen molar-refractivity contribution < 1.29 is 9.90 Å². The van der Waals surface area contributed by atoms with Crippen LogP contribution in [0.2, 0.25) is 0 Å². The first-order valence-electron chi connectivity index (χ1n) is 6.69. The Bertz CT molecular complexity index is 378. The fourth-order valence-corrected chi connectivity index (χ4v) is 2.30. The molecule has 1 unspecified atom stereocenters. The molecule has 0 heterocycles. The lowest BCUT2D eigenvalue weighted by atomic mass is 10.0. The Morgan fingerprint density at radius 2 is 2.05 bits per heavy atom. The number of carbonyl (C=O) groups excluding carboxylic acids is 1. The van der Waals surface area contributed by atoms with Gasteiger partial charge in [-0.3, -0.25) is 4.79 Å². The molecule has 106 valence electrons. The lowest BCUT2D eigenvalue weighted by Gasteiger charge is -2.17. The maximum atomic E-state index is 11.8. The molecule has 1 aromatic carbocycles. The van der Waals surface area contributed by atoms with Gasteiger partial charge in [0, 0.05) is 6.42 Å². The van der Waals surface area contributed by atoms with Crippen LogP contribution in [0.1, 0.15) is 36.9 Å². The van der Waals surface area contributed by atoms with Crippen LogP contribution in [0.3, 0.4) is 0 Å². The molecule has 0 saturated heterocycles. The van der Waals surface area contributed by atoms with Gasteiger partial charge in [-0.2, -0.15) is 11.8 Å². The Labute approximate surface area is 119 Å². The van der Waals surface area contributed by atoms with Crippen molar-refractivity contribution in [3.8, 4) is 0 Å². The number of aryl methyl sites for hydroxylation is 1. The summed E-state index contributed by atoms with van der Waals surface area (Å²) in [6.07, 6.45) is 4.42. The molecule has 0 aliphatic rings. The van der Waals surface area contributed by atoms with Gasteiger partial charge in [0.2, 0.25) is 5.91 Å². The van der Waals surface area contributed by atoms with Crippen LogP contribution < -0.4 is 5.32 Å². The molecule has 0 saturated carbocycles. The summed E-state index contributed by atoms with van der Waals surface area (Å²) in [6, 6.07) is 7.73. The third kappa shape index (κ3) is 5.66. The highest BCUT2D eigenvalue weighted by molar-refractivity contribution is 7.98. The third-order valence-electron chi connectivity index (χ3n) is 3.06. The van der Waals surface area contributed by atoms with E-state index in [2.05, 4.69) is 12.2 Å². The zero-order chi connectivity index (χ0) is 14.1. The molecule has 0 fully saturated rings. The van der Waals surface area contributed by atoms with Crippen molar-refractivity contribution in [1.82, 2.24) is 5.32 Å². The third-order valence-corrected chi connectivity index (χ3v) is 3.76. The number of rotatable bonds is 8. The summed E-state index contributed by atoms with van der Waals surface area (Å²) in [7, 11) is 0. The highest BCUT2D eigenvalue weighted by Gasteiger charge is 2.13. The van der Waals surface area contributed by atoms with E-state index in [0.29, 0.717) is 6.42 Å². The SMILES string of the molecule is CCc1ccc(C(CO)NC(=O)CCCSC)cc1. The number of nitrogens with one attached hydrogen (secondary N) is 1. The Balaban J connectivity index is 2.54. The maximum absolute atomic E-state index is 11.8. The maximum Gasteiger partial charge on any atom is 0.220 e. The van der Waals surface area contributed by atoms with Crippen molar-refractivity contribution in [2.45, 2.75) is 32.2 Å². The molecule has 0 aliphatic heterocycles. The Hall–Kier alpha value is -1.00. The average molecular weight is 281 g/mol. The van der Waals surface area contributed by atoms with E-state index in [1.807, 2.05) is 30.5 Å². The molecule has 1 amide bonds. The van der Waals surface area contributed by atoms with Crippen LogP contribution in [-0.2, 0) is 11.2 Å². The molecule has 3 nitrogen and oxygen atoms in total. The van der Waals surface area contributed by atoms with Gasteiger partial charge in [0.1, 0.15) is 0 Å². The quantitative estimate of drug-likeness (QED) is 0.720. The first kappa shape index (κ1) is 16.1. The van der Waals surface area contributed by atoms with E-state index in [4.69, 9.17) is 0 Å². The van der Waals surface area contributed by atoms with E-state index in [1.54, 1.807) is 11.8 Å². The van der Waals surface area contributed by atoms with Gasteiger partial charge < -0.3 is 10.4 Å². The Morgan fingerprint density at radius 1 is 1.37 bits per heavy atom. The summed E-state index contributed by atoms with van der Waals surface area (Å²) >= 11 is 1.74. The highest BCUT2D eigenvalue weighted by atomic mass is 32.2. The molecule has 4 heteroatoms. The number of carbonyl (C=O) groups is 1. The fraction of sp³-hybridized carbons (Fsp3) is 0.533. The molecular weight excluding hydrogens is 258 g/mol. The normalized spacial score (nSPS) is 12.2. The molecule has 1 rings (SSSR count). The van der Waals surface area contributed by atoms with E-state index in [0.717, 1.165) is 24.2 Å². The van der Waals surface area contributed by atoms with Crippen LogP contribution in [0.5, 0.6) is 0 Å². The highest BCUT2D eigenvalue weighted by Crippen LogP contribution is 2.14. The summed E-state index contributed by atoms with van der Waals surface area (Å²) in [5, 5.41) is 12.3. The minimum absolute atomic E-state index is 0.00710. The first-order valence-corrected chi connectivity index (χ1v) is 8.08. The van der Waals surface area contributed by atoms with Crippen molar-refractivity contribution in [2.24, 2.45) is 0 Å². The molecule has 0 aromatic heterocycles. The zero-order valence-corrected chi connectivity index (χ0v) is 12.5. The van der Waals surface area contributed by atoms with Gasteiger partial charge in [0.25, 0.3) is 0 Å². The molecule has 0 aliphatic carbocycles. The van der Waals surface area contributed by atoms with Crippen molar-refractivity contribution in [2.75, 3.05) is 18.6 Å². The van der Waals surface area contributed by atoms with Gasteiger partial charge in [-0.25, -0.2) is 0 Å². The molecule has 1 aromatic rings. The molecule has 0 spiro atoms. The number of hydrogen-bond donors (Lipinski definition) is 2. The second-order valence-corrected chi connectivity index (χ2v) is 5.48. The Morgan fingerprint density at radius 3 is 2.58 bits per heavy atom. The fourth-order valence-electron chi connectivity index (χ4n) is 1.86. The van der Waals surface area contributed by atoms with Crippen LogP contribution >= 0.6 is 11.8 Å². The van der Waals surface area contributed by atoms with Crippen LogP contribution in [0.15, 0.2) is 24.3 Å². The predicted octanol–water partition coefficient (Wildman–Crippen LogP) is 2.54. The molecular formula is C15H23NO2S. The topological polar surface area (TPSA) is 49.3 Å². The van der Waals surface area contributed by atoms with E-state index in [-0.39, 0.29) is 18.6 Å².